The van der Waals surface area contributed by atoms with Gasteiger partial charge in [-0.15, -0.1) is 0 Å². The Labute approximate surface area is 240 Å². The molecule has 5 heterocycles. The lowest BCUT2D eigenvalue weighted by molar-refractivity contribution is -0.0394. The van der Waals surface area contributed by atoms with Crippen LogP contribution in [0, 0.1) is 0 Å². The van der Waals surface area contributed by atoms with Crippen molar-refractivity contribution in [1.82, 2.24) is 24.3 Å². The van der Waals surface area contributed by atoms with E-state index in [1.807, 2.05) is 23.1 Å². The molecule has 1 N–H and O–H groups in total. The molecule has 1 saturated carbocycles. The van der Waals surface area contributed by atoms with Gasteiger partial charge in [-0.1, -0.05) is 19.3 Å². The van der Waals surface area contributed by atoms with Crippen molar-refractivity contribution >= 4 is 28.4 Å². The Bertz CT molecular complexity index is 1480. The fourth-order valence-corrected chi connectivity index (χ4v) is 6.48. The molecule has 3 aliphatic rings. The van der Waals surface area contributed by atoms with E-state index >= 15 is 0 Å². The number of ether oxygens (including phenoxy) is 3. The summed E-state index contributed by atoms with van der Waals surface area (Å²) in [7, 11) is 1.70. The van der Waals surface area contributed by atoms with Crippen LogP contribution in [0.1, 0.15) is 63.6 Å². The summed E-state index contributed by atoms with van der Waals surface area (Å²) >= 11 is 0. The van der Waals surface area contributed by atoms with E-state index < -0.39 is 0 Å². The zero-order valence-electron chi connectivity index (χ0n) is 23.8. The van der Waals surface area contributed by atoms with E-state index in [1.165, 1.54) is 25.7 Å². The topological polar surface area (TPSA) is 91.5 Å². The van der Waals surface area contributed by atoms with Gasteiger partial charge in [-0.3, -0.25) is 0 Å². The standard InChI is InChI=1S/C31H39N7O3/c1-39-28-18-25(36-12-15-40-16-13-36)10-11-26(28)34-31-32-19-22-17-27(38(30(22)35-31)24-7-3-2-4-8-24)23-20-33-37(21-23)29-9-5-6-14-41-29/h10-11,17-21,24,29H,2-9,12-16H2,1H3,(H,32,34,35). The first kappa shape index (κ1) is 26.3. The lowest BCUT2D eigenvalue weighted by atomic mass is 9.95. The summed E-state index contributed by atoms with van der Waals surface area (Å²) in [4.78, 5) is 12.1. The molecular formula is C31H39N7O3. The lowest BCUT2D eigenvalue weighted by Crippen LogP contribution is -2.36. The number of hydrogen-bond donors (Lipinski definition) is 1. The summed E-state index contributed by atoms with van der Waals surface area (Å²) in [6.07, 6.45) is 15.4. The van der Waals surface area contributed by atoms with Gasteiger partial charge in [0.05, 0.1) is 37.9 Å². The van der Waals surface area contributed by atoms with Crippen LogP contribution >= 0.6 is 0 Å². The number of fused-ring (bicyclic) bond motifs is 1. The van der Waals surface area contributed by atoms with E-state index in [0.29, 0.717) is 12.0 Å². The average Bonchev–Trinajstić information content (AvgIpc) is 3.68. The number of morpholine rings is 1. The molecule has 1 atom stereocenters. The van der Waals surface area contributed by atoms with Crippen LogP contribution in [0.15, 0.2) is 42.9 Å². The normalized spacial score (nSPS) is 20.4. The number of aromatic nitrogens is 5. The Morgan fingerprint density at radius 1 is 0.951 bits per heavy atom. The van der Waals surface area contributed by atoms with Crippen molar-refractivity contribution in [2.45, 2.75) is 63.6 Å². The van der Waals surface area contributed by atoms with Gasteiger partial charge in [0, 0.05) is 60.8 Å². The highest BCUT2D eigenvalue weighted by Crippen LogP contribution is 2.38. The number of nitrogens with one attached hydrogen (secondary N) is 1. The third-order valence-electron chi connectivity index (χ3n) is 8.67. The molecule has 3 aromatic heterocycles. The van der Waals surface area contributed by atoms with Crippen LogP contribution in [0.25, 0.3) is 22.3 Å². The number of hydrogen-bond acceptors (Lipinski definition) is 8. The highest BCUT2D eigenvalue weighted by Gasteiger charge is 2.25. The third-order valence-corrected chi connectivity index (χ3v) is 8.67. The minimum atomic E-state index is 0.0187. The minimum absolute atomic E-state index is 0.0187. The van der Waals surface area contributed by atoms with Crippen LogP contribution in [0.2, 0.25) is 0 Å². The summed E-state index contributed by atoms with van der Waals surface area (Å²) in [5.74, 6) is 1.32. The molecule has 0 spiro atoms. The maximum absolute atomic E-state index is 6.00. The fourth-order valence-electron chi connectivity index (χ4n) is 6.48. The summed E-state index contributed by atoms with van der Waals surface area (Å²) in [6.45, 7) is 4.04. The molecule has 10 nitrogen and oxygen atoms in total. The van der Waals surface area contributed by atoms with Gasteiger partial charge >= 0.3 is 0 Å². The first-order chi connectivity index (χ1) is 20.3. The first-order valence-electron chi connectivity index (χ1n) is 15.1. The SMILES string of the molecule is COc1cc(N2CCOCC2)ccc1Nc1ncc2cc(-c3cnn(C4CCCCO4)c3)n(C3CCCCC3)c2n1. The average molecular weight is 558 g/mol. The quantitative estimate of drug-likeness (QED) is 0.292. The van der Waals surface area contributed by atoms with Crippen molar-refractivity contribution in [3.63, 3.8) is 0 Å². The number of rotatable bonds is 7. The number of benzene rings is 1. The lowest BCUT2D eigenvalue weighted by Gasteiger charge is -2.29. The number of methoxy groups -OCH3 is 1. The van der Waals surface area contributed by atoms with Crippen molar-refractivity contribution in [1.29, 1.82) is 0 Å². The molecule has 1 unspecified atom stereocenters. The summed E-state index contributed by atoms with van der Waals surface area (Å²) < 4.78 is 21.7. The molecule has 1 aromatic carbocycles. The molecule has 0 radical (unpaired) electrons. The molecule has 41 heavy (non-hydrogen) atoms. The second-order valence-corrected chi connectivity index (χ2v) is 11.3. The maximum Gasteiger partial charge on any atom is 0.229 e. The minimum Gasteiger partial charge on any atom is -0.494 e. The molecule has 1 aliphatic carbocycles. The van der Waals surface area contributed by atoms with E-state index in [0.717, 1.165) is 98.0 Å². The van der Waals surface area contributed by atoms with E-state index in [1.54, 1.807) is 7.11 Å². The zero-order chi connectivity index (χ0) is 27.6. The Hall–Kier alpha value is -3.63. The number of anilines is 3. The Morgan fingerprint density at radius 3 is 2.61 bits per heavy atom. The van der Waals surface area contributed by atoms with Crippen LogP contribution in [0.3, 0.4) is 0 Å². The van der Waals surface area contributed by atoms with E-state index in [-0.39, 0.29) is 6.23 Å². The van der Waals surface area contributed by atoms with E-state index in [9.17, 15) is 0 Å². The Morgan fingerprint density at radius 2 is 1.80 bits per heavy atom. The van der Waals surface area contributed by atoms with Gasteiger partial charge < -0.3 is 29.0 Å². The Balaban J connectivity index is 1.22. The highest BCUT2D eigenvalue weighted by molar-refractivity contribution is 5.85. The first-order valence-corrected chi connectivity index (χ1v) is 15.1. The van der Waals surface area contributed by atoms with Gasteiger partial charge in [-0.25, -0.2) is 9.67 Å². The van der Waals surface area contributed by atoms with Crippen LogP contribution < -0.4 is 15.0 Å². The second-order valence-electron chi connectivity index (χ2n) is 11.3. The molecule has 4 aromatic rings. The molecular weight excluding hydrogens is 518 g/mol. The zero-order valence-corrected chi connectivity index (χ0v) is 23.8. The van der Waals surface area contributed by atoms with Crippen LogP contribution in [-0.2, 0) is 9.47 Å². The molecule has 2 saturated heterocycles. The summed E-state index contributed by atoms with van der Waals surface area (Å²) in [5, 5.41) is 9.18. The van der Waals surface area contributed by atoms with Crippen molar-refractivity contribution in [3.05, 3.63) is 42.9 Å². The van der Waals surface area contributed by atoms with E-state index in [2.05, 4.69) is 39.2 Å². The third kappa shape index (κ3) is 5.38. The number of nitrogens with zero attached hydrogens (tertiary/aromatic N) is 6. The molecule has 0 bridgehead atoms. The van der Waals surface area contributed by atoms with E-state index in [4.69, 9.17) is 29.3 Å². The molecule has 0 amide bonds. The van der Waals surface area contributed by atoms with Crippen molar-refractivity contribution in [3.8, 4) is 17.0 Å². The largest absolute Gasteiger partial charge is 0.494 e. The summed E-state index contributed by atoms with van der Waals surface area (Å²) in [6, 6.07) is 8.85. The molecule has 2 aliphatic heterocycles. The van der Waals surface area contributed by atoms with Gasteiger partial charge in [0.2, 0.25) is 5.95 Å². The van der Waals surface area contributed by atoms with Crippen LogP contribution in [0.5, 0.6) is 5.75 Å². The molecule has 7 rings (SSSR count). The maximum atomic E-state index is 6.00. The Kier molecular flexibility index (Phi) is 7.50. The second kappa shape index (κ2) is 11.7. The summed E-state index contributed by atoms with van der Waals surface area (Å²) in [5.41, 5.74) is 5.16. The predicted molar refractivity (Wildman–Crippen MR) is 159 cm³/mol. The van der Waals surface area contributed by atoms with Crippen molar-refractivity contribution in [2.75, 3.05) is 50.2 Å². The van der Waals surface area contributed by atoms with Crippen molar-refractivity contribution in [2.24, 2.45) is 0 Å². The predicted octanol–water partition coefficient (Wildman–Crippen LogP) is 6.09. The van der Waals surface area contributed by atoms with Crippen molar-refractivity contribution < 1.29 is 14.2 Å². The highest BCUT2D eigenvalue weighted by atomic mass is 16.5. The van der Waals surface area contributed by atoms with Gasteiger partial charge in [-0.2, -0.15) is 10.1 Å². The molecule has 3 fully saturated rings. The smallest absolute Gasteiger partial charge is 0.229 e. The van der Waals surface area contributed by atoms with Gasteiger partial charge in [0.1, 0.15) is 17.6 Å². The molecule has 216 valence electrons. The van der Waals surface area contributed by atoms with Gasteiger partial charge in [0.25, 0.3) is 0 Å². The fraction of sp³-hybridized carbons (Fsp3) is 0.516. The van der Waals surface area contributed by atoms with Gasteiger partial charge in [0.15, 0.2) is 0 Å². The molecule has 10 heteroatoms. The monoisotopic (exact) mass is 557 g/mol. The van der Waals surface area contributed by atoms with Gasteiger partial charge in [-0.05, 0) is 50.3 Å². The van der Waals surface area contributed by atoms with Crippen LogP contribution in [-0.4, -0.2) is 64.3 Å². The van der Waals surface area contributed by atoms with Crippen LogP contribution in [0.4, 0.5) is 17.3 Å².